The second kappa shape index (κ2) is 11.2. The minimum Gasteiger partial charge on any atom is -0.497 e. The maximum atomic E-state index is 13.0. The monoisotopic (exact) mass is 441 g/mol. The molecule has 0 aliphatic heterocycles. The molecule has 172 valence electrons. The molecular formula is C24H31N3O5. The van der Waals surface area contributed by atoms with Gasteiger partial charge in [-0.25, -0.2) is 0 Å². The van der Waals surface area contributed by atoms with Gasteiger partial charge in [0, 0.05) is 24.2 Å². The van der Waals surface area contributed by atoms with Crippen LogP contribution in [-0.2, 0) is 9.59 Å². The molecule has 0 heterocycles. The first kappa shape index (κ1) is 24.7. The van der Waals surface area contributed by atoms with Gasteiger partial charge in [-0.3, -0.25) is 14.4 Å². The fourth-order valence-electron chi connectivity index (χ4n) is 3.17. The summed E-state index contributed by atoms with van der Waals surface area (Å²) in [4.78, 5) is 37.2. The number of nitrogens with one attached hydrogen (secondary N) is 3. The summed E-state index contributed by atoms with van der Waals surface area (Å²) < 4.78 is 10.4. The highest BCUT2D eigenvalue weighted by atomic mass is 16.5. The fraction of sp³-hybridized carbons (Fsp3) is 0.375. The van der Waals surface area contributed by atoms with Gasteiger partial charge in [-0.2, -0.15) is 0 Å². The summed E-state index contributed by atoms with van der Waals surface area (Å²) in [6.07, 6.45) is 0. The largest absolute Gasteiger partial charge is 0.497 e. The summed E-state index contributed by atoms with van der Waals surface area (Å²) in [5.74, 6) is -0.0718. The Bertz CT molecular complexity index is 952. The van der Waals surface area contributed by atoms with Crippen LogP contribution in [0.3, 0.4) is 0 Å². The van der Waals surface area contributed by atoms with Crippen molar-refractivity contribution in [3.05, 3.63) is 53.6 Å². The highest BCUT2D eigenvalue weighted by molar-refractivity contribution is 5.98. The molecule has 0 spiro atoms. The van der Waals surface area contributed by atoms with Gasteiger partial charge in [-0.1, -0.05) is 26.0 Å². The van der Waals surface area contributed by atoms with Crippen molar-refractivity contribution in [3.8, 4) is 11.5 Å². The Kier molecular flexibility index (Phi) is 8.63. The minimum absolute atomic E-state index is 0.149. The summed E-state index contributed by atoms with van der Waals surface area (Å²) in [7, 11) is 3.01. The Labute approximate surface area is 188 Å². The Morgan fingerprint density at radius 3 is 2.03 bits per heavy atom. The van der Waals surface area contributed by atoms with E-state index in [-0.39, 0.29) is 23.8 Å². The third-order valence-corrected chi connectivity index (χ3v) is 4.92. The minimum atomic E-state index is -0.749. The molecule has 32 heavy (non-hydrogen) atoms. The summed E-state index contributed by atoms with van der Waals surface area (Å²) in [6.45, 7) is 7.00. The van der Waals surface area contributed by atoms with Gasteiger partial charge in [0.1, 0.15) is 17.5 Å². The molecular weight excluding hydrogens is 410 g/mol. The number of carbonyl (C=O) groups is 3. The normalized spacial score (nSPS) is 12.5. The zero-order valence-corrected chi connectivity index (χ0v) is 19.3. The Morgan fingerprint density at radius 1 is 0.875 bits per heavy atom. The predicted molar refractivity (Wildman–Crippen MR) is 123 cm³/mol. The zero-order chi connectivity index (χ0) is 23.8. The molecule has 3 amide bonds. The average Bonchev–Trinajstić information content (AvgIpc) is 2.76. The molecule has 8 heteroatoms. The van der Waals surface area contributed by atoms with E-state index in [4.69, 9.17) is 9.47 Å². The lowest BCUT2D eigenvalue weighted by Gasteiger charge is -2.24. The predicted octanol–water partition coefficient (Wildman–Crippen LogP) is 3.29. The van der Waals surface area contributed by atoms with Crippen LogP contribution in [0.15, 0.2) is 42.5 Å². The molecule has 2 unspecified atom stereocenters. The molecule has 0 radical (unpaired) electrons. The van der Waals surface area contributed by atoms with Crippen molar-refractivity contribution in [1.29, 1.82) is 0 Å². The van der Waals surface area contributed by atoms with Gasteiger partial charge in [0.15, 0.2) is 0 Å². The summed E-state index contributed by atoms with van der Waals surface area (Å²) in [6, 6.07) is 11.0. The van der Waals surface area contributed by atoms with Crippen molar-refractivity contribution in [2.45, 2.75) is 39.8 Å². The Hall–Kier alpha value is -3.55. The number of ether oxygens (including phenoxy) is 2. The van der Waals surface area contributed by atoms with Crippen molar-refractivity contribution in [1.82, 2.24) is 10.6 Å². The number of benzene rings is 2. The van der Waals surface area contributed by atoms with Crippen molar-refractivity contribution in [2.24, 2.45) is 5.92 Å². The number of rotatable bonds is 9. The molecule has 2 aromatic rings. The molecule has 3 N–H and O–H groups in total. The summed E-state index contributed by atoms with van der Waals surface area (Å²) >= 11 is 0. The number of methoxy groups -OCH3 is 2. The highest BCUT2D eigenvalue weighted by Crippen LogP contribution is 2.23. The van der Waals surface area contributed by atoms with Crippen molar-refractivity contribution in [2.75, 3.05) is 19.5 Å². The standard InChI is InChI=1S/C24H31N3O5/c1-14(2)22(27-23(29)18-11-20(31-5)13-21(12-18)32-6)24(30)25-15(3)17-8-7-9-19(10-17)26-16(4)28/h7-15,22H,1-6H3,(H,25,30)(H,26,28)(H,27,29). The van der Waals surface area contributed by atoms with Gasteiger partial charge >= 0.3 is 0 Å². The SMILES string of the molecule is COc1cc(OC)cc(C(=O)NC(C(=O)NC(C)c2cccc(NC(C)=O)c2)C(C)C)c1. The first-order chi connectivity index (χ1) is 15.1. The van der Waals surface area contributed by atoms with Gasteiger partial charge in [0.05, 0.1) is 20.3 Å². The molecule has 0 saturated carbocycles. The van der Waals surface area contributed by atoms with E-state index in [0.29, 0.717) is 22.7 Å². The zero-order valence-electron chi connectivity index (χ0n) is 19.3. The quantitative estimate of drug-likeness (QED) is 0.554. The van der Waals surface area contributed by atoms with Crippen LogP contribution in [0.1, 0.15) is 49.7 Å². The number of anilines is 1. The van der Waals surface area contributed by atoms with Crippen LogP contribution in [0, 0.1) is 5.92 Å². The van der Waals surface area contributed by atoms with Crippen molar-refractivity contribution < 1.29 is 23.9 Å². The van der Waals surface area contributed by atoms with Crippen molar-refractivity contribution >= 4 is 23.4 Å². The molecule has 8 nitrogen and oxygen atoms in total. The Balaban J connectivity index is 2.14. The first-order valence-corrected chi connectivity index (χ1v) is 10.4. The third kappa shape index (κ3) is 6.73. The van der Waals surface area contributed by atoms with Crippen LogP contribution in [0.4, 0.5) is 5.69 Å². The van der Waals surface area contributed by atoms with Crippen LogP contribution < -0.4 is 25.4 Å². The molecule has 2 rings (SSSR count). The van der Waals surface area contributed by atoms with E-state index >= 15 is 0 Å². The number of hydrogen-bond donors (Lipinski definition) is 3. The van der Waals surface area contributed by atoms with E-state index in [1.807, 2.05) is 26.8 Å². The third-order valence-electron chi connectivity index (χ3n) is 4.92. The molecule has 0 bridgehead atoms. The van der Waals surface area contributed by atoms with Gasteiger partial charge in [-0.05, 0) is 42.7 Å². The Morgan fingerprint density at radius 2 is 1.50 bits per heavy atom. The van der Waals surface area contributed by atoms with Crippen LogP contribution in [0.2, 0.25) is 0 Å². The maximum absolute atomic E-state index is 13.0. The molecule has 0 aliphatic carbocycles. The van der Waals surface area contributed by atoms with E-state index in [1.165, 1.54) is 21.1 Å². The van der Waals surface area contributed by atoms with Crippen LogP contribution in [-0.4, -0.2) is 38.0 Å². The summed E-state index contributed by atoms with van der Waals surface area (Å²) in [5.41, 5.74) is 1.81. The van der Waals surface area contributed by atoms with E-state index in [1.54, 1.807) is 36.4 Å². The lowest BCUT2D eigenvalue weighted by Crippen LogP contribution is -2.50. The molecule has 2 atom stereocenters. The highest BCUT2D eigenvalue weighted by Gasteiger charge is 2.26. The number of carbonyl (C=O) groups excluding carboxylic acids is 3. The van der Waals surface area contributed by atoms with Crippen LogP contribution in [0.5, 0.6) is 11.5 Å². The van der Waals surface area contributed by atoms with E-state index in [0.717, 1.165) is 5.56 Å². The van der Waals surface area contributed by atoms with E-state index in [9.17, 15) is 14.4 Å². The van der Waals surface area contributed by atoms with Gasteiger partial charge in [-0.15, -0.1) is 0 Å². The lowest BCUT2D eigenvalue weighted by atomic mass is 10.0. The maximum Gasteiger partial charge on any atom is 0.252 e. The van der Waals surface area contributed by atoms with E-state index < -0.39 is 11.9 Å². The molecule has 0 aliphatic rings. The number of hydrogen-bond acceptors (Lipinski definition) is 5. The molecule has 0 saturated heterocycles. The van der Waals surface area contributed by atoms with Gasteiger partial charge in [0.2, 0.25) is 11.8 Å². The smallest absolute Gasteiger partial charge is 0.252 e. The molecule has 2 aromatic carbocycles. The second-order valence-corrected chi connectivity index (χ2v) is 7.83. The van der Waals surface area contributed by atoms with Crippen LogP contribution >= 0.6 is 0 Å². The topological polar surface area (TPSA) is 106 Å². The molecule has 0 aromatic heterocycles. The van der Waals surface area contributed by atoms with Gasteiger partial charge in [0.25, 0.3) is 5.91 Å². The average molecular weight is 442 g/mol. The second-order valence-electron chi connectivity index (χ2n) is 7.83. The number of amides is 3. The lowest BCUT2D eigenvalue weighted by molar-refractivity contribution is -0.124. The van der Waals surface area contributed by atoms with Crippen molar-refractivity contribution in [3.63, 3.8) is 0 Å². The fourth-order valence-corrected chi connectivity index (χ4v) is 3.17. The van der Waals surface area contributed by atoms with E-state index in [2.05, 4.69) is 16.0 Å². The first-order valence-electron chi connectivity index (χ1n) is 10.4. The molecule has 0 fully saturated rings. The van der Waals surface area contributed by atoms with Gasteiger partial charge < -0.3 is 25.4 Å². The van der Waals surface area contributed by atoms with Crippen LogP contribution in [0.25, 0.3) is 0 Å². The summed E-state index contributed by atoms with van der Waals surface area (Å²) in [5, 5.41) is 8.48.